The number of hydrogen-bond acceptors (Lipinski definition) is 3. The van der Waals surface area contributed by atoms with E-state index in [1.165, 1.54) is 16.8 Å². The lowest BCUT2D eigenvalue weighted by Crippen LogP contribution is -2.03. The molecule has 0 radical (unpaired) electrons. The number of aliphatic imine (C=N–C) groups is 1. The van der Waals surface area contributed by atoms with Gasteiger partial charge in [0.2, 0.25) is 0 Å². The van der Waals surface area contributed by atoms with E-state index < -0.39 is 11.6 Å². The summed E-state index contributed by atoms with van der Waals surface area (Å²) in [5, 5.41) is 6.18. The molecule has 1 aromatic carbocycles. The maximum Gasteiger partial charge on any atom is 0.184 e. The van der Waals surface area contributed by atoms with Crippen molar-refractivity contribution in [1.29, 1.82) is 0 Å². The molecule has 0 spiro atoms. The molecule has 0 unspecified atom stereocenters. The lowest BCUT2D eigenvalue weighted by atomic mass is 10.2. The standard InChI is InChI=1S/C11H7F2N3S/c12-9-3-1-2-8(11(9)13)6-16-5-4-10(15-16)14-7-17/h1-5H,6H2. The van der Waals surface area contributed by atoms with E-state index in [0.29, 0.717) is 5.82 Å². The number of nitrogens with zero attached hydrogens (tertiary/aromatic N) is 3. The first-order chi connectivity index (χ1) is 8.20. The first kappa shape index (κ1) is 11.6. The minimum atomic E-state index is -0.869. The molecule has 2 aromatic rings. The summed E-state index contributed by atoms with van der Waals surface area (Å²) in [5.41, 5.74) is 0.228. The molecular formula is C11H7F2N3S. The van der Waals surface area contributed by atoms with Gasteiger partial charge in [-0.25, -0.2) is 8.78 Å². The maximum atomic E-state index is 13.4. The zero-order valence-electron chi connectivity index (χ0n) is 8.60. The number of benzene rings is 1. The average Bonchev–Trinajstić information content (AvgIpc) is 2.73. The molecule has 0 saturated carbocycles. The van der Waals surface area contributed by atoms with Crippen LogP contribution >= 0.6 is 12.2 Å². The highest BCUT2D eigenvalue weighted by Crippen LogP contribution is 2.14. The molecule has 0 saturated heterocycles. The summed E-state index contributed by atoms with van der Waals surface area (Å²) in [6.07, 6.45) is 1.61. The Morgan fingerprint density at radius 3 is 2.94 bits per heavy atom. The predicted octanol–water partition coefficient (Wildman–Crippen LogP) is 2.94. The monoisotopic (exact) mass is 251 g/mol. The van der Waals surface area contributed by atoms with Crippen LogP contribution in [-0.4, -0.2) is 14.9 Å². The predicted molar refractivity (Wildman–Crippen MR) is 62.4 cm³/mol. The van der Waals surface area contributed by atoms with Gasteiger partial charge in [-0.05, 0) is 18.3 Å². The minimum absolute atomic E-state index is 0.135. The highest BCUT2D eigenvalue weighted by Gasteiger charge is 2.08. The zero-order chi connectivity index (χ0) is 12.3. The second kappa shape index (κ2) is 4.95. The van der Waals surface area contributed by atoms with Crippen LogP contribution in [0, 0.1) is 11.6 Å². The number of aromatic nitrogens is 2. The smallest absolute Gasteiger partial charge is 0.184 e. The molecule has 0 fully saturated rings. The fraction of sp³-hybridized carbons (Fsp3) is 0.0909. The van der Waals surface area contributed by atoms with E-state index in [9.17, 15) is 8.78 Å². The molecule has 2 rings (SSSR count). The highest BCUT2D eigenvalue weighted by atomic mass is 32.1. The Kier molecular flexibility index (Phi) is 3.37. The van der Waals surface area contributed by atoms with Crippen molar-refractivity contribution >= 4 is 23.2 Å². The molecule has 0 aliphatic heterocycles. The summed E-state index contributed by atoms with van der Waals surface area (Å²) < 4.78 is 27.8. The van der Waals surface area contributed by atoms with Gasteiger partial charge in [0, 0.05) is 17.8 Å². The van der Waals surface area contributed by atoms with Crippen LogP contribution in [0.5, 0.6) is 0 Å². The molecule has 1 aromatic heterocycles. The SMILES string of the molecule is Fc1cccc(Cn2ccc(N=C=S)n2)c1F. The third kappa shape index (κ3) is 2.61. The molecule has 3 nitrogen and oxygen atoms in total. The molecule has 0 aliphatic carbocycles. The quantitative estimate of drug-likeness (QED) is 0.620. The van der Waals surface area contributed by atoms with Crippen LogP contribution in [0.4, 0.5) is 14.6 Å². The first-order valence-corrected chi connectivity index (χ1v) is 5.16. The molecule has 0 N–H and O–H groups in total. The van der Waals surface area contributed by atoms with Crippen LogP contribution in [0.3, 0.4) is 0 Å². The van der Waals surface area contributed by atoms with Gasteiger partial charge in [0.15, 0.2) is 17.5 Å². The van der Waals surface area contributed by atoms with Gasteiger partial charge >= 0.3 is 0 Å². The minimum Gasteiger partial charge on any atom is -0.266 e. The Morgan fingerprint density at radius 1 is 1.35 bits per heavy atom. The van der Waals surface area contributed by atoms with Gasteiger partial charge in [-0.3, -0.25) is 4.68 Å². The van der Waals surface area contributed by atoms with Gasteiger partial charge in [-0.1, -0.05) is 12.1 Å². The highest BCUT2D eigenvalue weighted by molar-refractivity contribution is 7.78. The number of isothiocyanates is 1. The van der Waals surface area contributed by atoms with Crippen molar-refractivity contribution in [3.05, 3.63) is 47.7 Å². The second-order valence-corrected chi connectivity index (χ2v) is 3.47. The lowest BCUT2D eigenvalue weighted by molar-refractivity contribution is 0.492. The third-order valence-electron chi connectivity index (χ3n) is 2.15. The molecule has 1 heterocycles. The van der Waals surface area contributed by atoms with Crippen molar-refractivity contribution < 1.29 is 8.78 Å². The first-order valence-electron chi connectivity index (χ1n) is 4.75. The Balaban J connectivity index is 2.25. The van der Waals surface area contributed by atoms with Crippen LogP contribution in [-0.2, 0) is 6.54 Å². The Labute approximate surface area is 101 Å². The van der Waals surface area contributed by atoms with Gasteiger partial charge < -0.3 is 0 Å². The van der Waals surface area contributed by atoms with Crippen molar-refractivity contribution in [2.75, 3.05) is 0 Å². The maximum absolute atomic E-state index is 13.4. The average molecular weight is 251 g/mol. The second-order valence-electron chi connectivity index (χ2n) is 3.29. The summed E-state index contributed by atoms with van der Waals surface area (Å²) in [6, 6.07) is 5.63. The summed E-state index contributed by atoms with van der Waals surface area (Å²) in [7, 11) is 0. The van der Waals surface area contributed by atoms with E-state index in [4.69, 9.17) is 0 Å². The number of hydrogen-bond donors (Lipinski definition) is 0. The largest absolute Gasteiger partial charge is 0.266 e. The summed E-state index contributed by atoms with van der Waals surface area (Å²) in [4.78, 5) is 3.67. The van der Waals surface area contributed by atoms with Gasteiger partial charge in [0.05, 0.1) is 11.7 Å². The van der Waals surface area contributed by atoms with Crippen LogP contribution in [0.2, 0.25) is 0 Å². The molecule has 0 bridgehead atoms. The van der Waals surface area contributed by atoms with Crippen molar-refractivity contribution in [2.45, 2.75) is 6.54 Å². The number of halogens is 2. The summed E-state index contributed by atoms with van der Waals surface area (Å²) in [5.74, 6) is -1.34. The fourth-order valence-electron chi connectivity index (χ4n) is 1.39. The van der Waals surface area contributed by atoms with Crippen LogP contribution in [0.25, 0.3) is 0 Å². The molecule has 17 heavy (non-hydrogen) atoms. The van der Waals surface area contributed by atoms with E-state index in [0.717, 1.165) is 6.07 Å². The number of thiocarbonyl (C=S) groups is 1. The Hall–Kier alpha value is -1.91. The molecule has 6 heteroatoms. The molecule has 0 amide bonds. The normalized spacial score (nSPS) is 10.0. The lowest BCUT2D eigenvalue weighted by Gasteiger charge is -2.03. The van der Waals surface area contributed by atoms with Crippen molar-refractivity contribution in [1.82, 2.24) is 9.78 Å². The van der Waals surface area contributed by atoms with E-state index in [2.05, 4.69) is 27.5 Å². The van der Waals surface area contributed by atoms with Gasteiger partial charge in [0.1, 0.15) is 0 Å². The topological polar surface area (TPSA) is 30.2 Å². The van der Waals surface area contributed by atoms with Crippen LogP contribution in [0.15, 0.2) is 35.5 Å². The van der Waals surface area contributed by atoms with E-state index in [1.807, 2.05) is 0 Å². The van der Waals surface area contributed by atoms with E-state index in [-0.39, 0.29) is 12.1 Å². The van der Waals surface area contributed by atoms with Crippen LogP contribution in [0.1, 0.15) is 5.56 Å². The molecule has 0 aliphatic rings. The molecular weight excluding hydrogens is 244 g/mol. The summed E-state index contributed by atoms with van der Waals surface area (Å²) in [6.45, 7) is 0.135. The van der Waals surface area contributed by atoms with Crippen LogP contribution < -0.4 is 0 Å². The molecule has 0 atom stereocenters. The van der Waals surface area contributed by atoms with Gasteiger partial charge in [0.25, 0.3) is 0 Å². The Morgan fingerprint density at radius 2 is 2.18 bits per heavy atom. The van der Waals surface area contributed by atoms with E-state index >= 15 is 0 Å². The van der Waals surface area contributed by atoms with E-state index in [1.54, 1.807) is 12.3 Å². The Bertz CT molecular complexity index is 588. The summed E-state index contributed by atoms with van der Waals surface area (Å²) >= 11 is 4.44. The third-order valence-corrected chi connectivity index (χ3v) is 2.24. The molecule has 86 valence electrons. The fourth-order valence-corrected chi connectivity index (χ4v) is 1.48. The van der Waals surface area contributed by atoms with Crippen molar-refractivity contribution in [3.63, 3.8) is 0 Å². The van der Waals surface area contributed by atoms with Gasteiger partial charge in [-0.2, -0.15) is 10.1 Å². The zero-order valence-corrected chi connectivity index (χ0v) is 9.42. The van der Waals surface area contributed by atoms with Crippen molar-refractivity contribution in [2.24, 2.45) is 4.99 Å². The van der Waals surface area contributed by atoms with Crippen molar-refractivity contribution in [3.8, 4) is 0 Å². The van der Waals surface area contributed by atoms with Gasteiger partial charge in [-0.15, -0.1) is 0 Å². The number of rotatable bonds is 3.